The van der Waals surface area contributed by atoms with Gasteiger partial charge in [-0.25, -0.2) is 8.42 Å². The van der Waals surface area contributed by atoms with Crippen molar-refractivity contribution in [2.45, 2.75) is 103 Å². The Morgan fingerprint density at radius 1 is 1.03 bits per heavy atom. The summed E-state index contributed by atoms with van der Waals surface area (Å²) in [4.78, 5) is 14.6. The van der Waals surface area contributed by atoms with Crippen molar-refractivity contribution in [3.63, 3.8) is 0 Å². The predicted molar refractivity (Wildman–Crippen MR) is 139 cm³/mol. The standard InChI is InChI=1S/C26H48N2O6S.Na/c1-2-3-4-5-6-7-8-9-10-11-12-13-14-15-16-17-25(31)26-27(20-21-29)18-19-28(26)22-24(30)23-35(32,33)34;/h9-10,24,29-30H,2-8,11-23H2,1H3;/q;+1/b10-9+;. The van der Waals surface area contributed by atoms with Crippen molar-refractivity contribution in [2.24, 2.45) is 0 Å². The van der Waals surface area contributed by atoms with Crippen molar-refractivity contribution in [3.8, 4) is 0 Å². The summed E-state index contributed by atoms with van der Waals surface area (Å²) in [6.07, 6.45) is 19.0. The molecule has 0 amide bonds. The van der Waals surface area contributed by atoms with Crippen LogP contribution in [-0.4, -0.2) is 88.9 Å². The van der Waals surface area contributed by atoms with E-state index in [4.69, 9.17) is 0 Å². The average molecular weight is 540 g/mol. The van der Waals surface area contributed by atoms with Crippen molar-refractivity contribution < 1.29 is 62.1 Å². The number of aliphatic hydroxyl groups excluding tert-OH is 2. The molecular weight excluding hydrogens is 491 g/mol. The van der Waals surface area contributed by atoms with Crippen molar-refractivity contribution >= 4 is 21.7 Å². The van der Waals surface area contributed by atoms with Gasteiger partial charge in [-0.15, -0.1) is 0 Å². The molecule has 1 heterocycles. The van der Waals surface area contributed by atoms with Gasteiger partial charge in [-0.1, -0.05) is 70.4 Å². The Morgan fingerprint density at radius 3 is 2.14 bits per heavy atom. The molecule has 0 saturated carbocycles. The Labute approximate surface area is 241 Å². The summed E-state index contributed by atoms with van der Waals surface area (Å²) >= 11 is 0. The van der Waals surface area contributed by atoms with E-state index in [9.17, 15) is 28.0 Å². The van der Waals surface area contributed by atoms with Crippen LogP contribution in [0.1, 0.15) is 96.8 Å². The van der Waals surface area contributed by atoms with Gasteiger partial charge in [0.2, 0.25) is 5.78 Å². The fraction of sp³-hybridized carbons (Fsp3) is 0.846. The van der Waals surface area contributed by atoms with Crippen LogP contribution in [0.25, 0.3) is 0 Å². The van der Waals surface area contributed by atoms with Crippen LogP contribution in [0.3, 0.4) is 0 Å². The van der Waals surface area contributed by atoms with Gasteiger partial charge < -0.3 is 14.8 Å². The number of rotatable bonds is 22. The number of hydrogen-bond donors (Lipinski definition) is 2. The maximum Gasteiger partial charge on any atom is 1.00 e. The Balaban J connectivity index is 0.0000122. The molecule has 0 fully saturated rings. The van der Waals surface area contributed by atoms with E-state index >= 15 is 0 Å². The van der Waals surface area contributed by atoms with E-state index in [1.807, 2.05) is 0 Å². The fourth-order valence-electron chi connectivity index (χ4n) is 4.53. The Kier molecular flexibility index (Phi) is 21.4. The van der Waals surface area contributed by atoms with Crippen LogP contribution in [0, 0.1) is 0 Å². The maximum absolute atomic E-state index is 12.9. The molecule has 36 heavy (non-hydrogen) atoms. The zero-order chi connectivity index (χ0) is 25.9. The molecule has 0 spiro atoms. The second-order valence-corrected chi connectivity index (χ2v) is 11.1. The number of carbonyl (C=O) groups is 1. The van der Waals surface area contributed by atoms with E-state index < -0.39 is 22.0 Å². The van der Waals surface area contributed by atoms with Crippen molar-refractivity contribution in [3.05, 3.63) is 12.2 Å². The van der Waals surface area contributed by atoms with E-state index in [1.165, 1.54) is 44.9 Å². The molecule has 10 heteroatoms. The Morgan fingerprint density at radius 2 is 1.58 bits per heavy atom. The zero-order valence-electron chi connectivity index (χ0n) is 22.7. The van der Waals surface area contributed by atoms with Gasteiger partial charge in [0.15, 0.2) is 0 Å². The molecule has 1 aliphatic heterocycles. The molecule has 0 aromatic heterocycles. The Hall–Kier alpha value is -0.290. The van der Waals surface area contributed by atoms with E-state index in [1.54, 1.807) is 9.48 Å². The SMILES string of the molecule is CCCCCCCC/C=C/CCCCCCCC(=O)C1=[N+](CC(O)CS(=O)(=O)[O-])CCN1CCO.[Na+]. The minimum Gasteiger partial charge on any atom is -0.748 e. The number of amidine groups is 1. The van der Waals surface area contributed by atoms with Crippen LogP contribution < -0.4 is 29.6 Å². The minimum absolute atomic E-state index is 0. The van der Waals surface area contributed by atoms with Crippen LogP contribution in [0.5, 0.6) is 0 Å². The molecule has 0 bridgehead atoms. The number of β-amino-alcohol motifs (C(OH)–C–C–N with tert-alkyl or cyclic N) is 2. The molecule has 0 aromatic rings. The molecule has 2 N–H and O–H groups in total. The minimum atomic E-state index is -4.54. The molecule has 0 aliphatic carbocycles. The van der Waals surface area contributed by atoms with E-state index in [2.05, 4.69) is 19.1 Å². The topological polar surface area (TPSA) is 121 Å². The molecule has 204 valence electrons. The summed E-state index contributed by atoms with van der Waals surface area (Å²) in [5.74, 6) is -0.526. The molecule has 8 nitrogen and oxygen atoms in total. The second-order valence-electron chi connectivity index (χ2n) is 9.62. The smallest absolute Gasteiger partial charge is 0.748 e. The molecule has 0 radical (unpaired) electrons. The molecule has 1 unspecified atom stereocenters. The van der Waals surface area contributed by atoms with Gasteiger partial charge in [0.05, 0.1) is 22.5 Å². The van der Waals surface area contributed by atoms with Crippen molar-refractivity contribution in [2.75, 3.05) is 38.5 Å². The molecule has 0 saturated heterocycles. The first-order valence-electron chi connectivity index (χ1n) is 13.6. The summed E-state index contributed by atoms with van der Waals surface area (Å²) in [5.41, 5.74) is 0. The van der Waals surface area contributed by atoms with Gasteiger partial charge in [0.25, 0.3) is 0 Å². The number of ketones is 1. The first kappa shape index (κ1) is 35.7. The maximum atomic E-state index is 12.9. The first-order chi connectivity index (χ1) is 16.8. The summed E-state index contributed by atoms with van der Waals surface area (Å²) in [7, 11) is -4.54. The second kappa shape index (κ2) is 21.6. The van der Waals surface area contributed by atoms with Gasteiger partial charge >= 0.3 is 35.4 Å². The third kappa shape index (κ3) is 17.3. The summed E-state index contributed by atoms with van der Waals surface area (Å²) in [6.45, 7) is 3.33. The van der Waals surface area contributed by atoms with Crippen LogP contribution in [0.4, 0.5) is 0 Å². The molecular formula is C26H48N2NaO6S+. The quantitative estimate of drug-likeness (QED) is 0.0664. The van der Waals surface area contributed by atoms with Crippen LogP contribution in [0.2, 0.25) is 0 Å². The largest absolute Gasteiger partial charge is 1.00 e. The number of Topliss-reactive ketones (excluding diaryl/α,β-unsaturated/α-hetero) is 1. The van der Waals surface area contributed by atoms with Gasteiger partial charge in [-0.3, -0.25) is 14.3 Å². The summed E-state index contributed by atoms with van der Waals surface area (Å²) in [5, 5.41) is 19.3. The van der Waals surface area contributed by atoms with Crippen LogP contribution in [0.15, 0.2) is 12.2 Å². The van der Waals surface area contributed by atoms with Gasteiger partial charge in [-0.2, -0.15) is 0 Å². The van der Waals surface area contributed by atoms with E-state index in [-0.39, 0.29) is 48.5 Å². The molecule has 0 aromatic carbocycles. The molecule has 1 aliphatic rings. The third-order valence-electron chi connectivity index (χ3n) is 6.35. The number of unbranched alkanes of at least 4 members (excludes halogenated alkanes) is 11. The van der Waals surface area contributed by atoms with E-state index in [0.717, 1.165) is 38.5 Å². The number of hydrogen-bond acceptors (Lipinski definition) is 7. The van der Waals surface area contributed by atoms with Crippen LogP contribution >= 0.6 is 0 Å². The first-order valence-corrected chi connectivity index (χ1v) is 15.1. The fourth-order valence-corrected chi connectivity index (χ4v) is 5.11. The van der Waals surface area contributed by atoms with Crippen LogP contribution in [-0.2, 0) is 14.9 Å². The number of nitrogens with zero attached hydrogens (tertiary/aromatic N) is 2. The van der Waals surface area contributed by atoms with Gasteiger partial charge in [-0.05, 0) is 32.1 Å². The summed E-state index contributed by atoms with van der Waals surface area (Å²) < 4.78 is 34.4. The Bertz CT molecular complexity index is 758. The van der Waals surface area contributed by atoms with Crippen molar-refractivity contribution in [1.29, 1.82) is 0 Å². The number of aliphatic hydroxyl groups is 2. The van der Waals surface area contributed by atoms with Gasteiger partial charge in [0, 0.05) is 6.42 Å². The molecule has 1 rings (SSSR count). The third-order valence-corrected chi connectivity index (χ3v) is 7.14. The summed E-state index contributed by atoms with van der Waals surface area (Å²) in [6, 6.07) is 0. The normalized spacial score (nSPS) is 15.1. The monoisotopic (exact) mass is 539 g/mol. The zero-order valence-corrected chi connectivity index (χ0v) is 25.5. The van der Waals surface area contributed by atoms with Gasteiger partial charge in [0.1, 0.15) is 32.3 Å². The number of allylic oxidation sites excluding steroid dienone is 2. The number of carbonyl (C=O) groups excluding carboxylic acids is 1. The average Bonchev–Trinajstić information content (AvgIpc) is 3.17. The van der Waals surface area contributed by atoms with E-state index in [0.29, 0.717) is 31.9 Å². The molecule has 1 atom stereocenters. The van der Waals surface area contributed by atoms with Crippen molar-refractivity contribution in [1.82, 2.24) is 4.90 Å². The predicted octanol–water partition coefficient (Wildman–Crippen LogP) is 0.222.